The SMILES string of the molecule is C=C(C)C1=C(C(=C)C)OC(C)=CO1. The molecule has 13 heavy (non-hydrogen) atoms. The number of hydrogen-bond donors (Lipinski definition) is 0. The first-order valence-corrected chi connectivity index (χ1v) is 4.09. The van der Waals surface area contributed by atoms with Gasteiger partial charge in [-0.1, -0.05) is 13.2 Å². The van der Waals surface area contributed by atoms with Gasteiger partial charge >= 0.3 is 0 Å². The molecule has 2 nitrogen and oxygen atoms in total. The normalized spacial score (nSPS) is 15.8. The van der Waals surface area contributed by atoms with Gasteiger partial charge in [0.1, 0.15) is 12.0 Å². The lowest BCUT2D eigenvalue weighted by Crippen LogP contribution is -2.05. The molecule has 0 fully saturated rings. The number of allylic oxidation sites excluding steroid dienone is 3. The van der Waals surface area contributed by atoms with Crippen molar-refractivity contribution in [3.8, 4) is 0 Å². The van der Waals surface area contributed by atoms with E-state index in [1.54, 1.807) is 6.26 Å². The lowest BCUT2D eigenvalue weighted by Gasteiger charge is -2.20. The van der Waals surface area contributed by atoms with Crippen LogP contribution in [0, 0.1) is 0 Å². The Morgan fingerprint density at radius 3 is 2.15 bits per heavy atom. The van der Waals surface area contributed by atoms with Gasteiger partial charge in [-0.3, -0.25) is 0 Å². The van der Waals surface area contributed by atoms with Gasteiger partial charge in [0.05, 0.1) is 0 Å². The zero-order valence-electron chi connectivity index (χ0n) is 8.31. The molecule has 0 aromatic heterocycles. The molecule has 0 aromatic rings. The molecule has 0 aliphatic carbocycles. The van der Waals surface area contributed by atoms with Crippen molar-refractivity contribution < 1.29 is 9.47 Å². The standard InChI is InChI=1S/C11H14O2/c1-7(2)10-11(8(3)4)13-9(5)6-12-10/h6H,1,3H2,2,4-5H3. The van der Waals surface area contributed by atoms with Crippen LogP contribution in [0.4, 0.5) is 0 Å². The molecule has 70 valence electrons. The van der Waals surface area contributed by atoms with Crippen molar-refractivity contribution in [2.45, 2.75) is 20.8 Å². The number of hydrogen-bond acceptors (Lipinski definition) is 2. The van der Waals surface area contributed by atoms with Crippen LogP contribution in [0.25, 0.3) is 0 Å². The van der Waals surface area contributed by atoms with E-state index in [1.165, 1.54) is 0 Å². The highest BCUT2D eigenvalue weighted by Gasteiger charge is 2.16. The fourth-order valence-electron chi connectivity index (χ4n) is 1.00. The lowest BCUT2D eigenvalue weighted by molar-refractivity contribution is 0.212. The van der Waals surface area contributed by atoms with Crippen LogP contribution in [0.2, 0.25) is 0 Å². The topological polar surface area (TPSA) is 18.5 Å². The first-order chi connectivity index (χ1) is 6.02. The Hall–Kier alpha value is -1.44. The van der Waals surface area contributed by atoms with Crippen LogP contribution in [0.5, 0.6) is 0 Å². The molecule has 0 atom stereocenters. The molecule has 0 unspecified atom stereocenters. The average Bonchev–Trinajstić information content (AvgIpc) is 2.03. The zero-order chi connectivity index (χ0) is 10.0. The van der Waals surface area contributed by atoms with Crippen molar-refractivity contribution in [3.63, 3.8) is 0 Å². The van der Waals surface area contributed by atoms with E-state index in [2.05, 4.69) is 13.2 Å². The number of rotatable bonds is 2. The summed E-state index contributed by atoms with van der Waals surface area (Å²) in [5, 5.41) is 0. The Labute approximate surface area is 78.9 Å². The highest BCUT2D eigenvalue weighted by molar-refractivity contribution is 5.36. The molecule has 1 aliphatic rings. The molecule has 0 aromatic carbocycles. The molecule has 0 N–H and O–H groups in total. The zero-order valence-corrected chi connectivity index (χ0v) is 8.31. The van der Waals surface area contributed by atoms with Crippen LogP contribution in [0.15, 0.2) is 47.8 Å². The van der Waals surface area contributed by atoms with E-state index < -0.39 is 0 Å². The summed E-state index contributed by atoms with van der Waals surface area (Å²) < 4.78 is 10.8. The summed E-state index contributed by atoms with van der Waals surface area (Å²) in [6.45, 7) is 13.2. The largest absolute Gasteiger partial charge is 0.457 e. The van der Waals surface area contributed by atoms with Gasteiger partial charge in [0.2, 0.25) is 0 Å². The van der Waals surface area contributed by atoms with E-state index in [0.29, 0.717) is 11.5 Å². The van der Waals surface area contributed by atoms with E-state index in [0.717, 1.165) is 16.9 Å². The minimum absolute atomic E-state index is 0.665. The number of ether oxygens (including phenoxy) is 2. The van der Waals surface area contributed by atoms with Crippen LogP contribution >= 0.6 is 0 Å². The molecular formula is C11H14O2. The molecular weight excluding hydrogens is 164 g/mol. The van der Waals surface area contributed by atoms with Gasteiger partial charge in [-0.05, 0) is 31.9 Å². The Morgan fingerprint density at radius 1 is 1.15 bits per heavy atom. The van der Waals surface area contributed by atoms with Crippen LogP contribution < -0.4 is 0 Å². The minimum atomic E-state index is 0.665. The highest BCUT2D eigenvalue weighted by atomic mass is 16.5. The molecule has 0 bridgehead atoms. The van der Waals surface area contributed by atoms with E-state index in [9.17, 15) is 0 Å². The van der Waals surface area contributed by atoms with Crippen molar-refractivity contribution in [2.75, 3.05) is 0 Å². The summed E-state index contributed by atoms with van der Waals surface area (Å²) in [4.78, 5) is 0. The van der Waals surface area contributed by atoms with Gasteiger partial charge in [0, 0.05) is 0 Å². The minimum Gasteiger partial charge on any atom is -0.457 e. The Balaban J connectivity index is 3.04. The Morgan fingerprint density at radius 2 is 1.69 bits per heavy atom. The van der Waals surface area contributed by atoms with E-state index in [1.807, 2.05) is 20.8 Å². The first kappa shape index (κ1) is 9.65. The fraction of sp³-hybridized carbons (Fsp3) is 0.273. The van der Waals surface area contributed by atoms with Crippen molar-refractivity contribution in [1.82, 2.24) is 0 Å². The second-order valence-corrected chi connectivity index (χ2v) is 3.17. The average molecular weight is 178 g/mol. The maximum absolute atomic E-state index is 5.48. The lowest BCUT2D eigenvalue weighted by atomic mass is 10.1. The van der Waals surface area contributed by atoms with E-state index >= 15 is 0 Å². The van der Waals surface area contributed by atoms with Crippen molar-refractivity contribution in [1.29, 1.82) is 0 Å². The van der Waals surface area contributed by atoms with Crippen molar-refractivity contribution in [3.05, 3.63) is 47.8 Å². The molecule has 1 heterocycles. The summed E-state index contributed by atoms with van der Waals surface area (Å²) in [6.07, 6.45) is 1.57. The summed E-state index contributed by atoms with van der Waals surface area (Å²) in [5.74, 6) is 2.06. The third-order valence-corrected chi connectivity index (χ3v) is 1.59. The van der Waals surface area contributed by atoms with E-state index in [4.69, 9.17) is 9.47 Å². The molecule has 0 saturated carbocycles. The van der Waals surface area contributed by atoms with Gasteiger partial charge in [-0.15, -0.1) is 0 Å². The van der Waals surface area contributed by atoms with E-state index in [-0.39, 0.29) is 0 Å². The maximum atomic E-state index is 5.48. The monoisotopic (exact) mass is 178 g/mol. The first-order valence-electron chi connectivity index (χ1n) is 4.09. The molecule has 1 aliphatic heterocycles. The van der Waals surface area contributed by atoms with Crippen molar-refractivity contribution in [2.24, 2.45) is 0 Å². The summed E-state index contributed by atoms with van der Waals surface area (Å²) in [5.41, 5.74) is 1.67. The second kappa shape index (κ2) is 3.52. The Kier molecular flexibility index (Phi) is 2.61. The van der Waals surface area contributed by atoms with Gasteiger partial charge in [-0.2, -0.15) is 0 Å². The second-order valence-electron chi connectivity index (χ2n) is 3.17. The smallest absolute Gasteiger partial charge is 0.172 e. The van der Waals surface area contributed by atoms with Crippen LogP contribution in [-0.4, -0.2) is 0 Å². The van der Waals surface area contributed by atoms with Gasteiger partial charge in [-0.25, -0.2) is 0 Å². The highest BCUT2D eigenvalue weighted by Crippen LogP contribution is 2.27. The molecule has 0 spiro atoms. The summed E-state index contributed by atoms with van der Waals surface area (Å²) in [6, 6.07) is 0. The quantitative estimate of drug-likeness (QED) is 0.646. The third-order valence-electron chi connectivity index (χ3n) is 1.59. The maximum Gasteiger partial charge on any atom is 0.172 e. The van der Waals surface area contributed by atoms with Gasteiger partial charge in [0.25, 0.3) is 0 Å². The summed E-state index contributed by atoms with van der Waals surface area (Å²) >= 11 is 0. The molecule has 0 saturated heterocycles. The van der Waals surface area contributed by atoms with Gasteiger partial charge in [0.15, 0.2) is 11.5 Å². The molecule has 0 radical (unpaired) electrons. The fourth-order valence-corrected chi connectivity index (χ4v) is 1.00. The Bertz CT molecular complexity index is 319. The predicted molar refractivity (Wildman–Crippen MR) is 52.6 cm³/mol. The molecule has 1 rings (SSSR count). The van der Waals surface area contributed by atoms with Gasteiger partial charge < -0.3 is 9.47 Å². The third kappa shape index (κ3) is 2.02. The van der Waals surface area contributed by atoms with Crippen LogP contribution in [-0.2, 0) is 9.47 Å². The van der Waals surface area contributed by atoms with Crippen LogP contribution in [0.3, 0.4) is 0 Å². The predicted octanol–water partition coefficient (Wildman–Crippen LogP) is 3.26. The molecule has 0 amide bonds. The van der Waals surface area contributed by atoms with Crippen molar-refractivity contribution >= 4 is 0 Å². The van der Waals surface area contributed by atoms with Crippen LogP contribution in [0.1, 0.15) is 20.8 Å². The molecule has 2 heteroatoms. The summed E-state index contributed by atoms with van der Waals surface area (Å²) in [7, 11) is 0.